The summed E-state index contributed by atoms with van der Waals surface area (Å²) in [5.41, 5.74) is 2.94. The van der Waals surface area contributed by atoms with Crippen molar-refractivity contribution in [3.05, 3.63) is 60.3 Å². The van der Waals surface area contributed by atoms with Crippen LogP contribution in [0.25, 0.3) is 10.8 Å². The first-order valence-corrected chi connectivity index (χ1v) is 14.5. The molecule has 42 heavy (non-hydrogen) atoms. The van der Waals surface area contributed by atoms with Crippen molar-refractivity contribution in [2.75, 3.05) is 56.7 Å². The van der Waals surface area contributed by atoms with Crippen LogP contribution in [0, 0.1) is 11.3 Å². The number of hydrogen-bond acceptors (Lipinski definition) is 9. The molecule has 1 amide bonds. The maximum atomic E-state index is 12.5. The Labute approximate surface area is 246 Å². The van der Waals surface area contributed by atoms with Gasteiger partial charge in [-0.25, -0.2) is 0 Å². The molecule has 1 atom stereocenters. The molecular weight excluding hydrogens is 530 g/mol. The van der Waals surface area contributed by atoms with Gasteiger partial charge in [0, 0.05) is 48.9 Å². The fraction of sp³-hybridized carbons (Fsp3) is 0.438. The molecule has 0 radical (unpaired) electrons. The number of nitrogens with zero attached hydrogens (tertiary/aromatic N) is 7. The zero-order chi connectivity index (χ0) is 29.4. The van der Waals surface area contributed by atoms with E-state index in [1.165, 1.54) is 6.08 Å². The number of aromatic hydroxyl groups is 1. The highest BCUT2D eigenvalue weighted by atomic mass is 16.5. The predicted octanol–water partition coefficient (Wildman–Crippen LogP) is 3.49. The van der Waals surface area contributed by atoms with Crippen LogP contribution in [-0.4, -0.2) is 89.2 Å². The molecule has 1 aromatic heterocycles. The molecule has 3 aromatic rings. The highest BCUT2D eigenvalue weighted by molar-refractivity contribution is 5.95. The number of carbonyl (C=O) groups is 1. The number of nitriles is 1. The fourth-order valence-electron chi connectivity index (χ4n) is 6.26. The molecule has 0 bridgehead atoms. The maximum Gasteiger partial charge on any atom is 0.318 e. The first-order chi connectivity index (χ1) is 20.3. The molecular formula is C32H37N7O3. The number of fused-ring (bicyclic) bond motifs is 2. The van der Waals surface area contributed by atoms with E-state index in [-0.39, 0.29) is 29.7 Å². The molecule has 10 heteroatoms. The summed E-state index contributed by atoms with van der Waals surface area (Å²) in [6.45, 7) is 7.01. The lowest BCUT2D eigenvalue weighted by Crippen LogP contribution is -2.55. The number of benzene rings is 2. The third-order valence-corrected chi connectivity index (χ3v) is 9.00. The van der Waals surface area contributed by atoms with E-state index in [0.717, 1.165) is 52.9 Å². The van der Waals surface area contributed by atoms with Crippen molar-refractivity contribution in [1.82, 2.24) is 19.8 Å². The van der Waals surface area contributed by atoms with Gasteiger partial charge in [0.15, 0.2) is 0 Å². The summed E-state index contributed by atoms with van der Waals surface area (Å²) in [6.07, 6.45) is 4.41. The van der Waals surface area contributed by atoms with Crippen LogP contribution in [-0.2, 0) is 17.8 Å². The number of phenols is 1. The fourth-order valence-corrected chi connectivity index (χ4v) is 6.26. The van der Waals surface area contributed by atoms with Crippen molar-refractivity contribution in [2.24, 2.45) is 0 Å². The van der Waals surface area contributed by atoms with Gasteiger partial charge in [-0.05, 0) is 50.9 Å². The zero-order valence-corrected chi connectivity index (χ0v) is 24.3. The Kier molecular flexibility index (Phi) is 7.37. The quantitative estimate of drug-likeness (QED) is 0.409. The maximum absolute atomic E-state index is 12.5. The monoisotopic (exact) mass is 567 g/mol. The third-order valence-electron chi connectivity index (χ3n) is 9.00. The lowest BCUT2D eigenvalue weighted by atomic mass is 10.0. The van der Waals surface area contributed by atoms with E-state index in [0.29, 0.717) is 45.2 Å². The van der Waals surface area contributed by atoms with Crippen molar-refractivity contribution in [3.8, 4) is 17.8 Å². The Morgan fingerprint density at radius 1 is 1.21 bits per heavy atom. The Bertz CT molecular complexity index is 1560. The van der Waals surface area contributed by atoms with Crippen molar-refractivity contribution in [1.29, 1.82) is 5.26 Å². The number of carbonyl (C=O) groups excluding carboxylic acids is 1. The smallest absolute Gasteiger partial charge is 0.318 e. The summed E-state index contributed by atoms with van der Waals surface area (Å²) in [5.74, 6) is 0.894. The van der Waals surface area contributed by atoms with Crippen LogP contribution >= 0.6 is 0 Å². The minimum absolute atomic E-state index is 0.0144. The summed E-state index contributed by atoms with van der Waals surface area (Å²) in [4.78, 5) is 30.8. The number of phenolic OH excluding ortho intramolecular Hbond substituents is 1. The van der Waals surface area contributed by atoms with Gasteiger partial charge in [-0.3, -0.25) is 4.79 Å². The van der Waals surface area contributed by atoms with Gasteiger partial charge in [0.1, 0.15) is 18.2 Å². The second-order valence-electron chi connectivity index (χ2n) is 11.7. The van der Waals surface area contributed by atoms with Crippen LogP contribution in [0.5, 0.6) is 11.8 Å². The summed E-state index contributed by atoms with van der Waals surface area (Å²) in [7, 11) is 4.15. The van der Waals surface area contributed by atoms with Gasteiger partial charge in [-0.2, -0.15) is 15.2 Å². The summed E-state index contributed by atoms with van der Waals surface area (Å²) >= 11 is 0. The number of piperazine rings is 1. The van der Waals surface area contributed by atoms with Gasteiger partial charge >= 0.3 is 6.01 Å². The van der Waals surface area contributed by atoms with Crippen LogP contribution in [0.4, 0.5) is 11.5 Å². The lowest BCUT2D eigenvalue weighted by molar-refractivity contribution is -0.128. The largest absolute Gasteiger partial charge is 0.508 e. The standard InChI is InChI=1S/C32H37N7O3/c1-4-29(41)39-16-15-38(19-23(39)9-13-33)30-26-10-14-37(28-18-24(40)17-22-7-5-6-8-25(22)28)20-27(26)34-31(35-30)42-21-32(11-12-32)36(2)3/h4-8,17-18,23,40H,1,9-12,14-16,19-21H2,2-3H3/t23-/m0/s1. The Hall–Kier alpha value is -4.36. The number of anilines is 2. The predicted molar refractivity (Wildman–Crippen MR) is 162 cm³/mol. The number of hydrogen-bond donors (Lipinski definition) is 1. The van der Waals surface area contributed by atoms with Gasteiger partial charge in [0.2, 0.25) is 5.91 Å². The normalized spacial score (nSPS) is 19.4. The SMILES string of the molecule is C=CC(=O)N1CCN(c2nc(OCC3(N(C)C)CC3)nc3c2CCN(c2cc(O)cc4ccccc24)C3)C[C@@H]1CC#N. The first kappa shape index (κ1) is 27.8. The number of ether oxygens (including phenoxy) is 1. The van der Waals surface area contributed by atoms with Crippen molar-refractivity contribution < 1.29 is 14.6 Å². The van der Waals surface area contributed by atoms with Crippen LogP contribution in [0.1, 0.15) is 30.5 Å². The molecule has 0 unspecified atom stereocenters. The van der Waals surface area contributed by atoms with Gasteiger partial charge in [-0.1, -0.05) is 30.8 Å². The van der Waals surface area contributed by atoms with Crippen molar-refractivity contribution in [3.63, 3.8) is 0 Å². The van der Waals surface area contributed by atoms with E-state index < -0.39 is 0 Å². The molecule has 3 heterocycles. The minimum atomic E-state index is -0.258. The number of likely N-dealkylation sites (N-methyl/N-ethyl adjacent to an activating group) is 1. The zero-order valence-electron chi connectivity index (χ0n) is 24.3. The van der Waals surface area contributed by atoms with Crippen molar-refractivity contribution >= 4 is 28.2 Å². The summed E-state index contributed by atoms with van der Waals surface area (Å²) in [6, 6.07) is 14.0. The molecule has 218 valence electrons. The molecule has 0 spiro atoms. The van der Waals surface area contributed by atoms with Crippen LogP contribution in [0.3, 0.4) is 0 Å². The van der Waals surface area contributed by atoms with E-state index in [4.69, 9.17) is 14.7 Å². The molecule has 1 N–H and O–H groups in total. The van der Waals surface area contributed by atoms with E-state index in [1.807, 2.05) is 24.3 Å². The molecule has 1 saturated carbocycles. The molecule has 10 nitrogen and oxygen atoms in total. The summed E-state index contributed by atoms with van der Waals surface area (Å²) < 4.78 is 6.29. The van der Waals surface area contributed by atoms with Gasteiger partial charge < -0.3 is 29.4 Å². The van der Waals surface area contributed by atoms with E-state index in [2.05, 4.69) is 47.5 Å². The van der Waals surface area contributed by atoms with Crippen molar-refractivity contribution in [2.45, 2.75) is 43.8 Å². The second-order valence-corrected chi connectivity index (χ2v) is 11.7. The Morgan fingerprint density at radius 2 is 2.02 bits per heavy atom. The number of rotatable bonds is 8. The van der Waals surface area contributed by atoms with Crippen LogP contribution < -0.4 is 14.5 Å². The van der Waals surface area contributed by atoms with Gasteiger partial charge in [0.05, 0.1) is 36.3 Å². The Balaban J connectivity index is 1.35. The van der Waals surface area contributed by atoms with Crippen LogP contribution in [0.15, 0.2) is 49.1 Å². The molecule has 3 aliphatic rings. The van der Waals surface area contributed by atoms with E-state index >= 15 is 0 Å². The van der Waals surface area contributed by atoms with Crippen LogP contribution in [0.2, 0.25) is 0 Å². The van der Waals surface area contributed by atoms with E-state index in [1.54, 1.807) is 11.0 Å². The van der Waals surface area contributed by atoms with Gasteiger partial charge in [0.25, 0.3) is 0 Å². The lowest BCUT2D eigenvalue weighted by Gasteiger charge is -2.42. The first-order valence-electron chi connectivity index (χ1n) is 14.5. The average molecular weight is 568 g/mol. The molecule has 6 rings (SSSR count). The molecule has 2 fully saturated rings. The topological polar surface area (TPSA) is 109 Å². The molecule has 1 aliphatic carbocycles. The average Bonchev–Trinajstić information content (AvgIpc) is 3.80. The third kappa shape index (κ3) is 5.21. The number of amides is 1. The highest BCUT2D eigenvalue weighted by Crippen LogP contribution is 2.41. The number of aromatic nitrogens is 2. The molecule has 2 aliphatic heterocycles. The minimum Gasteiger partial charge on any atom is -0.508 e. The van der Waals surface area contributed by atoms with Gasteiger partial charge in [-0.15, -0.1) is 0 Å². The highest BCUT2D eigenvalue weighted by Gasteiger charge is 2.46. The summed E-state index contributed by atoms with van der Waals surface area (Å²) in [5, 5.41) is 22.1. The second kappa shape index (κ2) is 11.1. The Morgan fingerprint density at radius 3 is 2.76 bits per heavy atom. The molecule has 1 saturated heterocycles. The van der Waals surface area contributed by atoms with E-state index in [9.17, 15) is 15.2 Å². The molecule has 2 aromatic carbocycles.